The Kier molecular flexibility index (Phi) is 5.77. The minimum atomic E-state index is -4.12. The quantitative estimate of drug-likeness (QED) is 0.412. The molecule has 4 rings (SSSR count). The van der Waals surface area contributed by atoms with Crippen LogP contribution in [0.1, 0.15) is 5.56 Å². The number of primary sulfonamides is 1. The minimum absolute atomic E-state index is 0.0316. The standard InChI is InChI=1S/C22H16Cl2N2O4S/c23-16-7-5-13(6-8-16)19-10-15-9-17(12-20(22(15)30-19)31(25,28)29)26-21(27)11-14-3-1-2-4-18(14)24/h1-10,12H,11H2,(H,26,27)(H2,25,28,29). The molecule has 158 valence electrons. The first-order chi connectivity index (χ1) is 14.7. The van der Waals surface area contributed by atoms with Crippen LogP contribution in [0.4, 0.5) is 5.69 Å². The van der Waals surface area contributed by atoms with E-state index in [1.807, 2.05) is 0 Å². The average Bonchev–Trinajstić information content (AvgIpc) is 3.13. The summed E-state index contributed by atoms with van der Waals surface area (Å²) >= 11 is 12.0. The number of carbonyl (C=O) groups excluding carboxylic acids is 1. The third kappa shape index (κ3) is 4.75. The van der Waals surface area contributed by atoms with Crippen molar-refractivity contribution in [2.75, 3.05) is 5.32 Å². The average molecular weight is 475 g/mol. The van der Waals surface area contributed by atoms with Crippen molar-refractivity contribution in [3.63, 3.8) is 0 Å². The van der Waals surface area contributed by atoms with Crippen molar-refractivity contribution in [2.45, 2.75) is 11.3 Å². The Hall–Kier alpha value is -2.84. The molecule has 0 bridgehead atoms. The lowest BCUT2D eigenvalue weighted by molar-refractivity contribution is -0.115. The Bertz CT molecular complexity index is 1400. The highest BCUT2D eigenvalue weighted by Gasteiger charge is 2.20. The number of amides is 1. The van der Waals surface area contributed by atoms with Gasteiger partial charge >= 0.3 is 0 Å². The van der Waals surface area contributed by atoms with Gasteiger partial charge in [0, 0.05) is 26.7 Å². The van der Waals surface area contributed by atoms with Gasteiger partial charge in [-0.25, -0.2) is 13.6 Å². The second-order valence-electron chi connectivity index (χ2n) is 6.87. The Labute approximate surface area is 188 Å². The van der Waals surface area contributed by atoms with Crippen LogP contribution in [-0.4, -0.2) is 14.3 Å². The van der Waals surface area contributed by atoms with Crippen molar-refractivity contribution in [2.24, 2.45) is 5.14 Å². The van der Waals surface area contributed by atoms with E-state index in [1.54, 1.807) is 60.7 Å². The van der Waals surface area contributed by atoms with Crippen molar-refractivity contribution < 1.29 is 17.6 Å². The SMILES string of the molecule is NS(=O)(=O)c1cc(NC(=O)Cc2ccccc2Cl)cc2cc(-c3ccc(Cl)cc3)oc12. The summed E-state index contributed by atoms with van der Waals surface area (Å²) < 4.78 is 30.2. The van der Waals surface area contributed by atoms with Crippen LogP contribution in [0.2, 0.25) is 10.0 Å². The maximum absolute atomic E-state index is 12.5. The first-order valence-electron chi connectivity index (χ1n) is 9.10. The van der Waals surface area contributed by atoms with E-state index in [0.29, 0.717) is 32.3 Å². The molecule has 0 saturated heterocycles. The molecule has 31 heavy (non-hydrogen) atoms. The summed E-state index contributed by atoms with van der Waals surface area (Å²) in [5.41, 5.74) is 1.75. The van der Waals surface area contributed by atoms with Crippen molar-refractivity contribution in [3.05, 3.63) is 82.3 Å². The van der Waals surface area contributed by atoms with Crippen molar-refractivity contribution in [1.82, 2.24) is 0 Å². The Morgan fingerprint density at radius 1 is 1.00 bits per heavy atom. The normalized spacial score (nSPS) is 11.6. The Morgan fingerprint density at radius 3 is 2.39 bits per heavy atom. The zero-order chi connectivity index (χ0) is 22.2. The summed E-state index contributed by atoms with van der Waals surface area (Å²) in [7, 11) is -4.12. The van der Waals surface area contributed by atoms with Crippen LogP contribution in [0, 0.1) is 0 Å². The Balaban J connectivity index is 1.72. The molecule has 0 aliphatic rings. The predicted octanol–water partition coefficient (Wildman–Crippen LogP) is 5.24. The van der Waals surface area contributed by atoms with Gasteiger partial charge in [-0.15, -0.1) is 0 Å². The van der Waals surface area contributed by atoms with Gasteiger partial charge in [0.05, 0.1) is 6.42 Å². The number of furan rings is 1. The fraction of sp³-hybridized carbons (Fsp3) is 0.0455. The molecule has 4 aromatic rings. The molecule has 0 aliphatic heterocycles. The summed E-state index contributed by atoms with van der Waals surface area (Å²) in [5.74, 6) is 0.0883. The van der Waals surface area contributed by atoms with Crippen molar-refractivity contribution in [3.8, 4) is 11.3 Å². The van der Waals surface area contributed by atoms with Gasteiger partial charge in [-0.05, 0) is 54.1 Å². The fourth-order valence-electron chi connectivity index (χ4n) is 3.18. The molecule has 6 nitrogen and oxygen atoms in total. The van der Waals surface area contributed by atoms with Gasteiger partial charge < -0.3 is 9.73 Å². The second-order valence-corrected chi connectivity index (χ2v) is 9.25. The monoisotopic (exact) mass is 474 g/mol. The van der Waals surface area contributed by atoms with Gasteiger partial charge in [-0.2, -0.15) is 0 Å². The molecule has 1 heterocycles. The van der Waals surface area contributed by atoms with Gasteiger partial charge in [-0.3, -0.25) is 4.79 Å². The number of sulfonamides is 1. The second kappa shape index (κ2) is 8.36. The maximum Gasteiger partial charge on any atom is 0.241 e. The van der Waals surface area contributed by atoms with E-state index in [2.05, 4.69) is 5.32 Å². The lowest BCUT2D eigenvalue weighted by atomic mass is 10.1. The van der Waals surface area contributed by atoms with Crippen LogP contribution in [0.25, 0.3) is 22.3 Å². The number of fused-ring (bicyclic) bond motifs is 1. The van der Waals surface area contributed by atoms with Crippen LogP contribution in [0.3, 0.4) is 0 Å². The molecule has 1 amide bonds. The van der Waals surface area contributed by atoms with E-state index in [-0.39, 0.29) is 28.5 Å². The largest absolute Gasteiger partial charge is 0.455 e. The van der Waals surface area contributed by atoms with Crippen LogP contribution in [0.15, 0.2) is 76.0 Å². The molecule has 1 aromatic heterocycles. The topological polar surface area (TPSA) is 102 Å². The number of hydrogen-bond donors (Lipinski definition) is 2. The molecule has 3 aromatic carbocycles. The summed E-state index contributed by atoms with van der Waals surface area (Å²) in [6, 6.07) is 18.5. The number of rotatable bonds is 5. The zero-order valence-electron chi connectivity index (χ0n) is 15.9. The summed E-state index contributed by atoms with van der Waals surface area (Å²) in [5, 5.41) is 9.61. The van der Waals surface area contributed by atoms with Gasteiger partial charge in [-0.1, -0.05) is 41.4 Å². The van der Waals surface area contributed by atoms with Crippen molar-refractivity contribution in [1.29, 1.82) is 0 Å². The number of benzene rings is 3. The zero-order valence-corrected chi connectivity index (χ0v) is 18.3. The number of halogens is 2. The Morgan fingerprint density at radius 2 is 1.71 bits per heavy atom. The number of nitrogens with one attached hydrogen (secondary N) is 1. The molecule has 3 N–H and O–H groups in total. The molecule has 0 aliphatic carbocycles. The highest BCUT2D eigenvalue weighted by atomic mass is 35.5. The molecule has 0 spiro atoms. The fourth-order valence-corrected chi connectivity index (χ4v) is 4.22. The van der Waals surface area contributed by atoms with E-state index in [4.69, 9.17) is 32.8 Å². The minimum Gasteiger partial charge on any atom is -0.455 e. The summed E-state index contributed by atoms with van der Waals surface area (Å²) in [6.07, 6.45) is 0.0316. The van der Waals surface area contributed by atoms with Crippen LogP contribution in [-0.2, 0) is 21.2 Å². The lowest BCUT2D eigenvalue weighted by Crippen LogP contribution is -2.16. The van der Waals surface area contributed by atoms with E-state index in [0.717, 1.165) is 0 Å². The van der Waals surface area contributed by atoms with Crippen LogP contribution >= 0.6 is 23.2 Å². The maximum atomic E-state index is 12.5. The van der Waals surface area contributed by atoms with Crippen LogP contribution in [0.5, 0.6) is 0 Å². The number of hydrogen-bond acceptors (Lipinski definition) is 4. The summed E-state index contributed by atoms with van der Waals surface area (Å²) in [4.78, 5) is 12.3. The third-order valence-electron chi connectivity index (χ3n) is 4.61. The number of carbonyl (C=O) groups is 1. The molecule has 0 fully saturated rings. The molecular formula is C22H16Cl2N2O4S. The molecule has 9 heteroatoms. The summed E-state index contributed by atoms with van der Waals surface area (Å²) in [6.45, 7) is 0. The van der Waals surface area contributed by atoms with E-state index in [9.17, 15) is 13.2 Å². The van der Waals surface area contributed by atoms with E-state index < -0.39 is 10.0 Å². The van der Waals surface area contributed by atoms with Crippen LogP contribution < -0.4 is 10.5 Å². The third-order valence-corrected chi connectivity index (χ3v) is 6.15. The number of anilines is 1. The van der Waals surface area contributed by atoms with Gasteiger partial charge in [0.1, 0.15) is 10.7 Å². The first-order valence-corrected chi connectivity index (χ1v) is 11.4. The van der Waals surface area contributed by atoms with Gasteiger partial charge in [0.25, 0.3) is 0 Å². The lowest BCUT2D eigenvalue weighted by Gasteiger charge is -2.08. The van der Waals surface area contributed by atoms with Gasteiger partial charge in [0.2, 0.25) is 15.9 Å². The van der Waals surface area contributed by atoms with E-state index in [1.165, 1.54) is 6.07 Å². The highest BCUT2D eigenvalue weighted by molar-refractivity contribution is 7.89. The van der Waals surface area contributed by atoms with Crippen molar-refractivity contribution >= 4 is 55.8 Å². The number of nitrogens with two attached hydrogens (primary N) is 1. The first kappa shape index (κ1) is 21.4. The molecule has 0 saturated carbocycles. The van der Waals surface area contributed by atoms with Gasteiger partial charge in [0.15, 0.2) is 5.58 Å². The molecule has 0 atom stereocenters. The molecule has 0 radical (unpaired) electrons. The van der Waals surface area contributed by atoms with E-state index >= 15 is 0 Å². The highest BCUT2D eigenvalue weighted by Crippen LogP contribution is 2.34. The predicted molar refractivity (Wildman–Crippen MR) is 122 cm³/mol. The smallest absolute Gasteiger partial charge is 0.241 e. The molecular weight excluding hydrogens is 459 g/mol. The molecule has 0 unspecified atom stereocenters.